The van der Waals surface area contributed by atoms with Gasteiger partial charge in [-0.3, -0.25) is 4.79 Å². The summed E-state index contributed by atoms with van der Waals surface area (Å²) in [5.41, 5.74) is 1.18. The van der Waals surface area contributed by atoms with Crippen molar-refractivity contribution < 1.29 is 4.79 Å². The third kappa shape index (κ3) is 2.33. The highest BCUT2D eigenvalue weighted by Crippen LogP contribution is 2.50. The van der Waals surface area contributed by atoms with Crippen LogP contribution in [0.5, 0.6) is 0 Å². The Kier molecular flexibility index (Phi) is 3.75. The van der Waals surface area contributed by atoms with E-state index in [1.165, 1.54) is 5.56 Å². The second kappa shape index (κ2) is 5.53. The smallest absolute Gasteiger partial charge is 0.173 e. The van der Waals surface area contributed by atoms with Crippen LogP contribution in [0.4, 0.5) is 0 Å². The van der Waals surface area contributed by atoms with E-state index in [0.717, 1.165) is 10.9 Å². The molecule has 102 valence electrons. The fraction of sp³-hybridized carbons (Fsp3) is 0.278. The molecular weight excluding hydrogens is 312 g/mol. The Morgan fingerprint density at radius 1 is 1.20 bits per heavy atom. The van der Waals surface area contributed by atoms with Gasteiger partial charge >= 0.3 is 0 Å². The average molecular weight is 329 g/mol. The number of ketones is 1. The van der Waals surface area contributed by atoms with Gasteiger partial charge in [0.2, 0.25) is 0 Å². The van der Waals surface area contributed by atoms with Gasteiger partial charge in [-0.2, -0.15) is 0 Å². The Labute approximate surface area is 128 Å². The molecule has 0 aromatic heterocycles. The normalized spacial score (nSPS) is 32.5. The van der Waals surface area contributed by atoms with E-state index in [1.54, 1.807) is 0 Å². The third-order valence-corrected chi connectivity index (χ3v) is 5.08. The summed E-state index contributed by atoms with van der Waals surface area (Å²) in [6, 6.07) is 10.2. The number of fused-ring (bicyclic) bond motifs is 1. The first kappa shape index (κ1) is 13.6. The van der Waals surface area contributed by atoms with E-state index >= 15 is 0 Å². The minimum atomic E-state index is 0.0901. The molecule has 1 nitrogen and oxygen atoms in total. The summed E-state index contributed by atoms with van der Waals surface area (Å²) in [5, 5.41) is 0. The Morgan fingerprint density at radius 2 is 1.95 bits per heavy atom. The first-order valence-corrected chi connectivity index (χ1v) is 7.77. The first-order chi connectivity index (χ1) is 9.70. The molecule has 1 saturated carbocycles. The molecule has 0 aliphatic heterocycles. The molecule has 2 heteroatoms. The molecule has 4 atom stereocenters. The molecule has 0 saturated heterocycles. The molecule has 0 radical (unpaired) electrons. The lowest BCUT2D eigenvalue weighted by Crippen LogP contribution is -2.18. The lowest BCUT2D eigenvalue weighted by Gasteiger charge is -2.14. The maximum Gasteiger partial charge on any atom is 0.173 e. The first-order valence-electron chi connectivity index (χ1n) is 6.98. The van der Waals surface area contributed by atoms with Gasteiger partial charge in [-0.25, -0.2) is 0 Å². The molecule has 0 spiro atoms. The molecular formula is C18H17BrO. The number of allylic oxidation sites excluding steroid dienone is 4. The molecule has 1 aromatic rings. The van der Waals surface area contributed by atoms with Crippen molar-refractivity contribution in [2.45, 2.75) is 6.42 Å². The summed E-state index contributed by atoms with van der Waals surface area (Å²) in [6.45, 7) is 3.93. The van der Waals surface area contributed by atoms with E-state index in [0.29, 0.717) is 17.8 Å². The molecule has 2 aliphatic carbocycles. The highest BCUT2D eigenvalue weighted by atomic mass is 79.9. The topological polar surface area (TPSA) is 17.1 Å². The molecule has 0 N–H and O–H groups in total. The van der Waals surface area contributed by atoms with Gasteiger partial charge in [0.15, 0.2) is 5.78 Å². The van der Waals surface area contributed by atoms with Crippen LogP contribution in [0.25, 0.3) is 6.08 Å². The molecule has 0 heterocycles. The van der Waals surface area contributed by atoms with Gasteiger partial charge in [0.25, 0.3) is 0 Å². The molecule has 0 amide bonds. The van der Waals surface area contributed by atoms with Crippen LogP contribution in [0, 0.1) is 23.7 Å². The maximum atomic E-state index is 12.3. The van der Waals surface area contributed by atoms with Crippen LogP contribution in [0.3, 0.4) is 0 Å². The number of Topliss-reactive ketones (excluding diaryl/α,β-unsaturated/α-hetero) is 1. The van der Waals surface area contributed by atoms with Gasteiger partial charge in [0.05, 0.1) is 4.48 Å². The SMILES string of the molecule is C=CC1CC(/C=C/c2ccccc2)C2C(=O)C(Br)=CC12. The second-order valence-corrected chi connectivity index (χ2v) is 6.41. The Hall–Kier alpha value is -1.41. The fourth-order valence-electron chi connectivity index (χ4n) is 3.43. The van der Waals surface area contributed by atoms with Crippen molar-refractivity contribution in [2.75, 3.05) is 0 Å². The van der Waals surface area contributed by atoms with Crippen LogP contribution in [0.15, 0.2) is 59.6 Å². The summed E-state index contributed by atoms with van der Waals surface area (Å²) in [4.78, 5) is 12.3. The highest BCUT2D eigenvalue weighted by Gasteiger charge is 2.47. The van der Waals surface area contributed by atoms with Crippen LogP contribution < -0.4 is 0 Å². The largest absolute Gasteiger partial charge is 0.293 e. The number of hydrogen-bond acceptors (Lipinski definition) is 1. The van der Waals surface area contributed by atoms with Gasteiger partial charge in [0.1, 0.15) is 0 Å². The minimum absolute atomic E-state index is 0.0901. The van der Waals surface area contributed by atoms with Crippen molar-refractivity contribution >= 4 is 27.8 Å². The van der Waals surface area contributed by atoms with Crippen molar-refractivity contribution in [1.82, 2.24) is 0 Å². The Bertz CT molecular complexity index is 585. The maximum absolute atomic E-state index is 12.3. The zero-order valence-electron chi connectivity index (χ0n) is 11.2. The van der Waals surface area contributed by atoms with Gasteiger partial charge in [-0.15, -0.1) is 6.58 Å². The molecule has 4 unspecified atom stereocenters. The predicted octanol–water partition coefficient (Wildman–Crippen LogP) is 4.62. The summed E-state index contributed by atoms with van der Waals surface area (Å²) < 4.78 is 0.747. The van der Waals surface area contributed by atoms with E-state index in [2.05, 4.69) is 52.9 Å². The standard InChI is InChI=1S/C18H17BrO/c1-2-13-10-14(9-8-12-6-4-3-5-7-12)17-15(13)11-16(19)18(17)20/h2-9,11,13-15,17H,1,10H2/b9-8+. The second-order valence-electron chi connectivity index (χ2n) is 5.55. The zero-order chi connectivity index (χ0) is 14.1. The van der Waals surface area contributed by atoms with Gasteiger partial charge in [-0.1, -0.05) is 54.6 Å². The fourth-order valence-corrected chi connectivity index (χ4v) is 4.00. The minimum Gasteiger partial charge on any atom is -0.293 e. The number of halogens is 1. The number of carbonyl (C=O) groups excluding carboxylic acids is 1. The highest BCUT2D eigenvalue weighted by molar-refractivity contribution is 9.12. The van der Waals surface area contributed by atoms with E-state index < -0.39 is 0 Å². The van der Waals surface area contributed by atoms with Crippen LogP contribution in [0.1, 0.15) is 12.0 Å². The van der Waals surface area contributed by atoms with Gasteiger partial charge in [-0.05, 0) is 45.7 Å². The van der Waals surface area contributed by atoms with Crippen molar-refractivity contribution in [3.63, 3.8) is 0 Å². The van der Waals surface area contributed by atoms with Crippen LogP contribution >= 0.6 is 15.9 Å². The summed E-state index contributed by atoms with van der Waals surface area (Å²) in [5.74, 6) is 1.38. The van der Waals surface area contributed by atoms with Gasteiger partial charge < -0.3 is 0 Å². The summed E-state index contributed by atoms with van der Waals surface area (Å²) in [7, 11) is 0. The number of hydrogen-bond donors (Lipinski definition) is 0. The molecule has 1 aromatic carbocycles. The average Bonchev–Trinajstić information content (AvgIpc) is 2.96. The van der Waals surface area contributed by atoms with Crippen LogP contribution in [-0.2, 0) is 4.79 Å². The van der Waals surface area contributed by atoms with Crippen molar-refractivity contribution in [3.8, 4) is 0 Å². The van der Waals surface area contributed by atoms with Crippen molar-refractivity contribution in [2.24, 2.45) is 23.7 Å². The molecule has 3 rings (SSSR count). The van der Waals surface area contributed by atoms with E-state index in [1.807, 2.05) is 24.3 Å². The number of carbonyl (C=O) groups is 1. The molecule has 1 fully saturated rings. The van der Waals surface area contributed by atoms with Crippen molar-refractivity contribution in [3.05, 3.63) is 65.2 Å². The zero-order valence-corrected chi connectivity index (χ0v) is 12.8. The molecule has 0 bridgehead atoms. The number of benzene rings is 1. The quantitative estimate of drug-likeness (QED) is 0.740. The van der Waals surface area contributed by atoms with Crippen LogP contribution in [0.2, 0.25) is 0 Å². The van der Waals surface area contributed by atoms with Crippen molar-refractivity contribution in [1.29, 1.82) is 0 Å². The lowest BCUT2D eigenvalue weighted by molar-refractivity contribution is -0.118. The Balaban J connectivity index is 1.83. The third-order valence-electron chi connectivity index (χ3n) is 4.43. The van der Waals surface area contributed by atoms with Crippen LogP contribution in [-0.4, -0.2) is 5.78 Å². The lowest BCUT2D eigenvalue weighted by atomic mass is 9.88. The van der Waals surface area contributed by atoms with E-state index in [4.69, 9.17) is 0 Å². The number of rotatable bonds is 3. The molecule has 2 aliphatic rings. The predicted molar refractivity (Wildman–Crippen MR) is 86.3 cm³/mol. The molecule has 20 heavy (non-hydrogen) atoms. The summed E-state index contributed by atoms with van der Waals surface area (Å²) in [6.07, 6.45) is 9.43. The Morgan fingerprint density at radius 3 is 2.65 bits per heavy atom. The monoisotopic (exact) mass is 328 g/mol. The summed E-state index contributed by atoms with van der Waals surface area (Å²) >= 11 is 3.39. The van der Waals surface area contributed by atoms with Gasteiger partial charge in [0, 0.05) is 5.92 Å². The van der Waals surface area contributed by atoms with E-state index in [-0.39, 0.29) is 11.7 Å². The van der Waals surface area contributed by atoms with E-state index in [9.17, 15) is 4.79 Å².